The van der Waals surface area contributed by atoms with Crippen LogP contribution in [-0.4, -0.2) is 22.3 Å². The summed E-state index contributed by atoms with van der Waals surface area (Å²) in [6.45, 7) is 5.32. The lowest BCUT2D eigenvalue weighted by atomic mass is 10.3. The van der Waals surface area contributed by atoms with Crippen LogP contribution in [0.2, 0.25) is 0 Å². The highest BCUT2D eigenvalue weighted by atomic mass is 31.1. The van der Waals surface area contributed by atoms with Crippen molar-refractivity contribution in [3.05, 3.63) is 32.1 Å². The molecule has 0 aliphatic carbocycles. The van der Waals surface area contributed by atoms with Crippen molar-refractivity contribution in [1.29, 1.82) is 0 Å². The standard InChI is InChI=1S/C8H11N2O2P/c1-5-6(2)10(13(3)4)8(12)9-7(5)11/h3H2,1-2,4H3/p+1. The van der Waals surface area contributed by atoms with E-state index in [1.165, 1.54) is 4.34 Å². The third kappa shape index (κ3) is 1.63. The van der Waals surface area contributed by atoms with Crippen molar-refractivity contribution in [2.24, 2.45) is 0 Å². The Morgan fingerprint density at radius 3 is 2.38 bits per heavy atom. The van der Waals surface area contributed by atoms with E-state index < -0.39 is 7.70 Å². The van der Waals surface area contributed by atoms with Crippen LogP contribution in [0.1, 0.15) is 11.3 Å². The van der Waals surface area contributed by atoms with E-state index in [4.69, 9.17) is 0 Å². The van der Waals surface area contributed by atoms with E-state index in [0.717, 1.165) is 0 Å². The maximum absolute atomic E-state index is 11.3. The van der Waals surface area contributed by atoms with E-state index in [2.05, 4.69) is 11.3 Å². The minimum atomic E-state index is -0.782. The number of aromatic amines is 1. The van der Waals surface area contributed by atoms with Crippen LogP contribution < -0.4 is 11.2 Å². The van der Waals surface area contributed by atoms with Crippen LogP contribution in [0.15, 0.2) is 9.59 Å². The van der Waals surface area contributed by atoms with E-state index in [9.17, 15) is 9.59 Å². The summed E-state index contributed by atoms with van der Waals surface area (Å²) in [5, 5.41) is 0. The first-order valence-electron chi connectivity index (χ1n) is 3.82. The highest BCUT2D eigenvalue weighted by Crippen LogP contribution is 2.16. The van der Waals surface area contributed by atoms with Gasteiger partial charge in [0.1, 0.15) is 6.66 Å². The molecule has 0 aromatic carbocycles. The summed E-state index contributed by atoms with van der Waals surface area (Å²) in [5.74, 6) is 0. The van der Waals surface area contributed by atoms with Crippen molar-refractivity contribution >= 4 is 14.0 Å². The predicted molar refractivity (Wildman–Crippen MR) is 56.2 cm³/mol. The van der Waals surface area contributed by atoms with Gasteiger partial charge in [0.05, 0.1) is 12.0 Å². The first-order valence-corrected chi connectivity index (χ1v) is 5.75. The van der Waals surface area contributed by atoms with Gasteiger partial charge in [-0.1, -0.05) is 0 Å². The van der Waals surface area contributed by atoms with Crippen LogP contribution >= 0.6 is 7.70 Å². The van der Waals surface area contributed by atoms with Gasteiger partial charge in [0, 0.05) is 5.56 Å². The second-order valence-corrected chi connectivity index (χ2v) is 4.65. The lowest BCUT2D eigenvalue weighted by Crippen LogP contribution is -2.30. The van der Waals surface area contributed by atoms with E-state index in [1.807, 2.05) is 6.66 Å². The summed E-state index contributed by atoms with van der Waals surface area (Å²) in [6, 6.07) is 0. The number of hydrogen-bond acceptors (Lipinski definition) is 2. The Balaban J connectivity index is 3.73. The number of rotatable bonds is 1. The predicted octanol–water partition coefficient (Wildman–Crippen LogP) is 0.460. The zero-order valence-electron chi connectivity index (χ0n) is 7.92. The molecule has 1 heterocycles. The van der Waals surface area contributed by atoms with Gasteiger partial charge in [-0.2, -0.15) is 0 Å². The van der Waals surface area contributed by atoms with E-state index in [-0.39, 0.29) is 11.2 Å². The molecule has 1 atom stereocenters. The number of hydrogen-bond donors (Lipinski definition) is 1. The molecule has 0 radical (unpaired) electrons. The number of nitrogens with zero attached hydrogens (tertiary/aromatic N) is 1. The average molecular weight is 199 g/mol. The number of nitrogens with one attached hydrogen (secondary N) is 1. The fourth-order valence-corrected chi connectivity index (χ4v) is 2.15. The van der Waals surface area contributed by atoms with Crippen molar-refractivity contribution in [3.63, 3.8) is 0 Å². The third-order valence-corrected chi connectivity index (χ3v) is 3.12. The fourth-order valence-electron chi connectivity index (χ4n) is 1.13. The zero-order valence-corrected chi connectivity index (χ0v) is 8.81. The summed E-state index contributed by atoms with van der Waals surface area (Å²) in [5.41, 5.74) is 0.613. The summed E-state index contributed by atoms with van der Waals surface area (Å²) < 4.78 is 1.53. The molecule has 0 aliphatic heterocycles. The van der Waals surface area contributed by atoms with Crippen LogP contribution in [-0.2, 0) is 0 Å². The van der Waals surface area contributed by atoms with Gasteiger partial charge >= 0.3 is 5.69 Å². The van der Waals surface area contributed by atoms with Gasteiger partial charge in [0.2, 0.25) is 7.70 Å². The molecule has 70 valence electrons. The highest BCUT2D eigenvalue weighted by Gasteiger charge is 2.13. The maximum Gasteiger partial charge on any atom is 0.366 e. The molecule has 1 N–H and O–H groups in total. The SMILES string of the molecule is C=[P+](C)n1c(C)c(C)c(=O)[nH]c1=O. The lowest BCUT2D eigenvalue weighted by Gasteiger charge is -2.01. The Kier molecular flexibility index (Phi) is 2.52. The van der Waals surface area contributed by atoms with Gasteiger partial charge in [0.15, 0.2) is 0 Å². The van der Waals surface area contributed by atoms with Crippen molar-refractivity contribution in [1.82, 2.24) is 9.32 Å². The van der Waals surface area contributed by atoms with Crippen molar-refractivity contribution in [2.45, 2.75) is 13.8 Å². The molecule has 1 unspecified atom stereocenters. The summed E-state index contributed by atoms with van der Waals surface area (Å²) >= 11 is 0. The Morgan fingerprint density at radius 1 is 1.38 bits per heavy atom. The van der Waals surface area contributed by atoms with Crippen molar-refractivity contribution < 1.29 is 0 Å². The van der Waals surface area contributed by atoms with Crippen LogP contribution in [0.3, 0.4) is 0 Å². The summed E-state index contributed by atoms with van der Waals surface area (Å²) in [6.07, 6.45) is 3.81. The Morgan fingerprint density at radius 2 is 1.92 bits per heavy atom. The van der Waals surface area contributed by atoms with Gasteiger partial charge < -0.3 is 0 Å². The molecule has 0 saturated carbocycles. The Bertz CT molecular complexity index is 470. The minimum Gasteiger partial charge on any atom is -0.271 e. The molecule has 0 amide bonds. The molecule has 13 heavy (non-hydrogen) atoms. The second kappa shape index (κ2) is 3.30. The number of H-pyrrole nitrogens is 1. The summed E-state index contributed by atoms with van der Waals surface area (Å²) in [4.78, 5) is 24.7. The lowest BCUT2D eigenvalue weighted by molar-refractivity contribution is 0.914. The molecular formula is C8H12N2O2P+. The topological polar surface area (TPSA) is 54.9 Å². The van der Waals surface area contributed by atoms with Crippen LogP contribution in [0.25, 0.3) is 0 Å². The van der Waals surface area contributed by atoms with Gasteiger partial charge in [-0.15, -0.1) is 4.34 Å². The largest absolute Gasteiger partial charge is 0.366 e. The van der Waals surface area contributed by atoms with Gasteiger partial charge in [-0.25, -0.2) is 4.79 Å². The molecule has 5 heteroatoms. The molecule has 1 aromatic heterocycles. The molecule has 0 saturated heterocycles. The molecule has 0 fully saturated rings. The minimum absolute atomic E-state index is 0.310. The molecule has 1 aromatic rings. The van der Waals surface area contributed by atoms with Gasteiger partial charge in [0.25, 0.3) is 5.56 Å². The fraction of sp³-hybridized carbons (Fsp3) is 0.375. The molecule has 1 rings (SSSR count). The third-order valence-electron chi connectivity index (χ3n) is 1.96. The normalized spacial score (nSPS) is 11.5. The van der Waals surface area contributed by atoms with Gasteiger partial charge in [-0.05, 0) is 13.8 Å². The smallest absolute Gasteiger partial charge is 0.271 e. The maximum atomic E-state index is 11.3. The zero-order chi connectivity index (χ0) is 10.2. The monoisotopic (exact) mass is 199 g/mol. The van der Waals surface area contributed by atoms with Crippen molar-refractivity contribution in [3.8, 4) is 0 Å². The molecule has 0 spiro atoms. The van der Waals surface area contributed by atoms with Gasteiger partial charge in [-0.3, -0.25) is 9.78 Å². The summed E-state index contributed by atoms with van der Waals surface area (Å²) in [7, 11) is -0.782. The van der Waals surface area contributed by atoms with E-state index >= 15 is 0 Å². The molecule has 4 nitrogen and oxygen atoms in total. The van der Waals surface area contributed by atoms with Crippen LogP contribution in [0, 0.1) is 13.8 Å². The molecule has 0 aliphatic rings. The average Bonchev–Trinajstić information content (AvgIpc) is 1.99. The first kappa shape index (κ1) is 9.93. The molecule has 0 bridgehead atoms. The number of aromatic nitrogens is 2. The Labute approximate surface area is 76.7 Å². The second-order valence-electron chi connectivity index (χ2n) is 2.94. The van der Waals surface area contributed by atoms with Crippen LogP contribution in [0.4, 0.5) is 0 Å². The van der Waals surface area contributed by atoms with E-state index in [0.29, 0.717) is 11.3 Å². The molecular weight excluding hydrogens is 187 g/mol. The van der Waals surface area contributed by atoms with Crippen LogP contribution in [0.5, 0.6) is 0 Å². The first-order chi connectivity index (χ1) is 5.95. The quantitative estimate of drug-likeness (QED) is 0.668. The van der Waals surface area contributed by atoms with Crippen molar-refractivity contribution in [2.75, 3.05) is 6.66 Å². The Hall–Kier alpha value is -1.15. The highest BCUT2D eigenvalue weighted by molar-refractivity contribution is 7.53. The van der Waals surface area contributed by atoms with E-state index in [1.54, 1.807) is 13.8 Å².